The number of aromatic nitrogens is 1. The van der Waals surface area contributed by atoms with Gasteiger partial charge in [0.1, 0.15) is 0 Å². The summed E-state index contributed by atoms with van der Waals surface area (Å²) in [7, 11) is 0. The molecule has 4 rings (SSSR count). The third-order valence-electron chi connectivity index (χ3n) is 5.29. The fraction of sp³-hybridized carbons (Fsp3) is 0.273. The van der Waals surface area contributed by atoms with Gasteiger partial charge in [0.25, 0.3) is 5.91 Å². The van der Waals surface area contributed by atoms with Gasteiger partial charge in [-0.3, -0.25) is 10.2 Å². The molecular weight excluding hydrogens is 414 g/mol. The minimum Gasteiger partial charge on any atom is -0.318 e. The lowest BCUT2D eigenvalue weighted by Crippen LogP contribution is -2.35. The van der Waals surface area contributed by atoms with Crippen molar-refractivity contribution in [3.63, 3.8) is 0 Å². The van der Waals surface area contributed by atoms with Crippen molar-refractivity contribution in [2.75, 3.05) is 5.75 Å². The topological polar surface area (TPSA) is 73.8 Å². The first-order chi connectivity index (χ1) is 14.3. The highest BCUT2D eigenvalue weighted by atomic mass is 32.2. The number of amidine groups is 2. The summed E-state index contributed by atoms with van der Waals surface area (Å²) in [6.45, 7) is 10.4. The number of nitrogens with zero attached hydrogens (tertiary/aromatic N) is 4. The van der Waals surface area contributed by atoms with Gasteiger partial charge in [-0.25, -0.2) is 0 Å². The lowest BCUT2D eigenvalue weighted by Gasteiger charge is -2.20. The number of hydrogen-bond acceptors (Lipinski definition) is 5. The fourth-order valence-corrected chi connectivity index (χ4v) is 5.42. The zero-order valence-electron chi connectivity index (χ0n) is 17.6. The lowest BCUT2D eigenvalue weighted by molar-refractivity contribution is -0.114. The highest BCUT2D eigenvalue weighted by Crippen LogP contribution is 2.33. The Morgan fingerprint density at radius 1 is 1.23 bits per heavy atom. The Bertz CT molecular complexity index is 1170. The average molecular weight is 438 g/mol. The predicted octanol–water partition coefficient (Wildman–Crippen LogP) is 5.04. The maximum Gasteiger partial charge on any atom is 0.283 e. The van der Waals surface area contributed by atoms with Crippen LogP contribution in [-0.2, 0) is 4.79 Å². The second-order valence-corrected chi connectivity index (χ2v) is 9.67. The van der Waals surface area contributed by atoms with Gasteiger partial charge in [0.15, 0.2) is 10.2 Å². The monoisotopic (exact) mass is 437 g/mol. The molecule has 0 saturated heterocycles. The first kappa shape index (κ1) is 20.7. The smallest absolute Gasteiger partial charge is 0.283 e. The quantitative estimate of drug-likeness (QED) is 0.683. The Morgan fingerprint density at radius 3 is 2.73 bits per heavy atom. The van der Waals surface area contributed by atoms with E-state index in [2.05, 4.69) is 53.6 Å². The van der Waals surface area contributed by atoms with E-state index in [1.54, 1.807) is 17.8 Å². The number of aliphatic imine (C=N–C) groups is 1. The fourth-order valence-electron chi connectivity index (χ4n) is 3.59. The number of aryl methyl sites for hydroxylation is 2. The van der Waals surface area contributed by atoms with E-state index in [-0.39, 0.29) is 11.4 Å². The van der Waals surface area contributed by atoms with Crippen LogP contribution in [0.3, 0.4) is 0 Å². The zero-order chi connectivity index (χ0) is 21.6. The third kappa shape index (κ3) is 3.44. The van der Waals surface area contributed by atoms with E-state index < -0.39 is 5.91 Å². The van der Waals surface area contributed by atoms with Gasteiger partial charge >= 0.3 is 0 Å². The number of carbonyl (C=O) groups excluding carboxylic acids is 1. The normalized spacial score (nSPS) is 17.5. The Hall–Kier alpha value is -2.58. The average Bonchev–Trinajstić information content (AvgIpc) is 3.22. The van der Waals surface area contributed by atoms with Crippen molar-refractivity contribution in [1.82, 2.24) is 9.58 Å². The summed E-state index contributed by atoms with van der Waals surface area (Å²) in [5.74, 6) is 0.551. The second kappa shape index (κ2) is 7.92. The van der Waals surface area contributed by atoms with Crippen molar-refractivity contribution in [2.24, 2.45) is 10.1 Å². The van der Waals surface area contributed by atoms with Crippen molar-refractivity contribution in [1.29, 1.82) is 5.41 Å². The SMILES string of the molecule is CCSC1=NN2C(=N)/C(=C\c3cc(C)n(-c4cccc(C)c4C)c3C)C(=O)N=C2S1. The molecular formula is C22H23N5OS2. The molecule has 0 fully saturated rings. The van der Waals surface area contributed by atoms with Crippen molar-refractivity contribution in [3.05, 3.63) is 57.9 Å². The van der Waals surface area contributed by atoms with Crippen molar-refractivity contribution < 1.29 is 4.79 Å². The number of nitrogens with one attached hydrogen (secondary N) is 1. The van der Waals surface area contributed by atoms with Crippen LogP contribution >= 0.6 is 23.5 Å². The van der Waals surface area contributed by atoms with E-state index in [1.807, 2.05) is 19.9 Å². The molecule has 0 aliphatic carbocycles. The van der Waals surface area contributed by atoms with Gasteiger partial charge < -0.3 is 4.57 Å². The molecule has 1 aromatic heterocycles. The third-order valence-corrected chi connectivity index (χ3v) is 7.21. The number of thioether (sulfide) groups is 2. The Balaban J connectivity index is 1.75. The van der Waals surface area contributed by atoms with Crippen molar-refractivity contribution >= 4 is 50.9 Å². The summed E-state index contributed by atoms with van der Waals surface area (Å²) in [4.78, 5) is 16.9. The molecule has 3 heterocycles. The van der Waals surface area contributed by atoms with Crippen LogP contribution in [-0.4, -0.2) is 36.6 Å². The van der Waals surface area contributed by atoms with Crippen LogP contribution in [0.25, 0.3) is 11.8 Å². The lowest BCUT2D eigenvalue weighted by atomic mass is 10.1. The molecule has 0 bridgehead atoms. The van der Waals surface area contributed by atoms with Crippen LogP contribution in [0.15, 0.2) is 39.9 Å². The molecule has 2 aliphatic heterocycles. The summed E-state index contributed by atoms with van der Waals surface area (Å²) in [6, 6.07) is 8.31. The second-order valence-electron chi connectivity index (χ2n) is 7.20. The molecule has 30 heavy (non-hydrogen) atoms. The van der Waals surface area contributed by atoms with E-state index in [9.17, 15) is 4.79 Å². The standard InChI is InChI=1S/C22H23N5OS2/c1-6-29-22-25-27-19(23)17(20(28)24-21(27)30-22)11-16-10-13(3)26(15(16)5)18-9-7-8-12(2)14(18)4/h7-11,23H,6H2,1-5H3/b17-11+,23-19?. The first-order valence-corrected chi connectivity index (χ1v) is 11.5. The molecule has 2 aromatic rings. The number of hydrazone groups is 1. The minimum absolute atomic E-state index is 0.0701. The molecule has 2 aliphatic rings. The molecule has 154 valence electrons. The Labute approximate surface area is 184 Å². The van der Waals surface area contributed by atoms with Crippen LogP contribution in [0.2, 0.25) is 0 Å². The highest BCUT2D eigenvalue weighted by molar-refractivity contribution is 8.45. The molecule has 0 saturated carbocycles. The van der Waals surface area contributed by atoms with Crippen LogP contribution < -0.4 is 0 Å². The Kier molecular flexibility index (Phi) is 5.46. The van der Waals surface area contributed by atoms with E-state index in [0.29, 0.717) is 5.17 Å². The number of benzene rings is 1. The van der Waals surface area contributed by atoms with E-state index in [4.69, 9.17) is 5.41 Å². The number of fused-ring (bicyclic) bond motifs is 1. The van der Waals surface area contributed by atoms with E-state index in [1.165, 1.54) is 27.9 Å². The van der Waals surface area contributed by atoms with Crippen molar-refractivity contribution in [3.8, 4) is 5.69 Å². The largest absolute Gasteiger partial charge is 0.318 e. The maximum atomic E-state index is 12.7. The van der Waals surface area contributed by atoms with E-state index >= 15 is 0 Å². The zero-order valence-corrected chi connectivity index (χ0v) is 19.2. The summed E-state index contributed by atoms with van der Waals surface area (Å²) in [5, 5.41) is 14.9. The molecule has 8 heteroatoms. The summed E-state index contributed by atoms with van der Waals surface area (Å²) >= 11 is 2.92. The maximum absolute atomic E-state index is 12.7. The van der Waals surface area contributed by atoms with Crippen LogP contribution in [0, 0.1) is 33.1 Å². The molecule has 0 radical (unpaired) electrons. The summed E-state index contributed by atoms with van der Waals surface area (Å²) < 4.78 is 3.00. The highest BCUT2D eigenvalue weighted by Gasteiger charge is 2.35. The van der Waals surface area contributed by atoms with E-state index in [0.717, 1.165) is 32.8 Å². The molecule has 0 unspecified atom stereocenters. The minimum atomic E-state index is -0.395. The first-order valence-electron chi connectivity index (χ1n) is 9.70. The van der Waals surface area contributed by atoms with Crippen LogP contribution in [0.1, 0.15) is 35.0 Å². The molecule has 0 atom stereocenters. The van der Waals surface area contributed by atoms with Crippen molar-refractivity contribution in [2.45, 2.75) is 34.6 Å². The van der Waals surface area contributed by atoms with Gasteiger partial charge in [0.2, 0.25) is 5.17 Å². The molecule has 1 aromatic carbocycles. The van der Waals surface area contributed by atoms with Gasteiger partial charge in [-0.2, -0.15) is 10.0 Å². The number of rotatable bonds is 3. The van der Waals surface area contributed by atoms with Crippen LogP contribution in [0.4, 0.5) is 0 Å². The predicted molar refractivity (Wildman–Crippen MR) is 128 cm³/mol. The number of amides is 1. The Morgan fingerprint density at radius 2 is 2.00 bits per heavy atom. The molecule has 1 amide bonds. The summed E-state index contributed by atoms with van der Waals surface area (Å²) in [5.41, 5.74) is 6.83. The van der Waals surface area contributed by atoms with Gasteiger partial charge in [-0.1, -0.05) is 30.8 Å². The van der Waals surface area contributed by atoms with Gasteiger partial charge in [0.05, 0.1) is 5.57 Å². The number of hydrogen-bond donors (Lipinski definition) is 1. The van der Waals surface area contributed by atoms with Gasteiger partial charge in [-0.05, 0) is 80.1 Å². The van der Waals surface area contributed by atoms with Gasteiger partial charge in [0, 0.05) is 17.1 Å². The molecule has 1 N–H and O–H groups in total. The molecule has 6 nitrogen and oxygen atoms in total. The summed E-state index contributed by atoms with van der Waals surface area (Å²) in [6.07, 6.45) is 1.76. The molecule has 0 spiro atoms. The van der Waals surface area contributed by atoms with Crippen LogP contribution in [0.5, 0.6) is 0 Å². The van der Waals surface area contributed by atoms with Gasteiger partial charge in [-0.15, -0.1) is 5.10 Å². The number of carbonyl (C=O) groups is 1.